The van der Waals surface area contributed by atoms with Crippen molar-refractivity contribution in [2.24, 2.45) is 5.92 Å². The second-order valence-corrected chi connectivity index (χ2v) is 8.48. The summed E-state index contributed by atoms with van der Waals surface area (Å²) in [6, 6.07) is 7.50. The number of hydrogen-bond donors (Lipinski definition) is 1. The van der Waals surface area contributed by atoms with Crippen molar-refractivity contribution >= 4 is 22.6 Å². The minimum absolute atomic E-state index is 0.0635. The van der Waals surface area contributed by atoms with Crippen LogP contribution in [0.3, 0.4) is 0 Å². The molecule has 5 nitrogen and oxygen atoms in total. The van der Waals surface area contributed by atoms with E-state index in [1.54, 1.807) is 12.1 Å². The lowest BCUT2D eigenvalue weighted by atomic mass is 9.94. The molecule has 0 saturated carbocycles. The van der Waals surface area contributed by atoms with Crippen LogP contribution in [-0.4, -0.2) is 33.4 Å². The number of hydrogen-bond acceptors (Lipinski definition) is 5. The smallest absolute Gasteiger partial charge is 0.223 e. The number of nitrogens with zero attached hydrogens (tertiary/aromatic N) is 3. The predicted octanol–water partition coefficient (Wildman–Crippen LogP) is 3.48. The van der Waals surface area contributed by atoms with Crippen molar-refractivity contribution in [2.75, 3.05) is 4.90 Å². The number of carbonyl (C=O) groups is 1. The van der Waals surface area contributed by atoms with Crippen molar-refractivity contribution < 1.29 is 9.18 Å². The van der Waals surface area contributed by atoms with Gasteiger partial charge < -0.3 is 10.2 Å². The third-order valence-electron chi connectivity index (χ3n) is 5.83. The van der Waals surface area contributed by atoms with Gasteiger partial charge in [0.1, 0.15) is 11.6 Å². The number of nitrogens with one attached hydrogen (secondary N) is 1. The molecule has 3 heterocycles. The van der Waals surface area contributed by atoms with Gasteiger partial charge in [0.15, 0.2) is 0 Å². The summed E-state index contributed by atoms with van der Waals surface area (Å²) in [4.78, 5) is 19.6. The zero-order valence-electron chi connectivity index (χ0n) is 15.7. The van der Waals surface area contributed by atoms with Crippen LogP contribution in [0.25, 0.3) is 0 Å². The van der Waals surface area contributed by atoms with E-state index in [-0.39, 0.29) is 23.7 Å². The third-order valence-corrected chi connectivity index (χ3v) is 6.65. The van der Waals surface area contributed by atoms with Crippen molar-refractivity contribution in [3.63, 3.8) is 0 Å². The summed E-state index contributed by atoms with van der Waals surface area (Å²) in [6.07, 6.45) is 4.78. The molecular weight excluding hydrogens is 363 g/mol. The van der Waals surface area contributed by atoms with Gasteiger partial charge in [-0.1, -0.05) is 19.1 Å². The Morgan fingerprint density at radius 2 is 2.15 bits per heavy atom. The van der Waals surface area contributed by atoms with Crippen LogP contribution in [-0.2, 0) is 11.2 Å². The minimum atomic E-state index is -0.226. The number of benzene rings is 1. The van der Waals surface area contributed by atoms with Crippen molar-refractivity contribution in [3.8, 4) is 0 Å². The summed E-state index contributed by atoms with van der Waals surface area (Å²) >= 11 is 1.45. The molecule has 2 bridgehead atoms. The van der Waals surface area contributed by atoms with E-state index < -0.39 is 0 Å². The van der Waals surface area contributed by atoms with Gasteiger partial charge in [-0.05, 0) is 56.7 Å². The Kier molecular flexibility index (Phi) is 5.12. The van der Waals surface area contributed by atoms with Crippen LogP contribution >= 0.6 is 11.5 Å². The molecule has 4 atom stereocenters. The first kappa shape index (κ1) is 18.3. The molecule has 7 heteroatoms. The first-order valence-corrected chi connectivity index (χ1v) is 10.4. The summed E-state index contributed by atoms with van der Waals surface area (Å²) in [5.74, 6) is 0.641. The zero-order chi connectivity index (χ0) is 19.0. The Balaban J connectivity index is 1.32. The number of amides is 1. The largest absolute Gasteiger partial charge is 0.351 e. The maximum absolute atomic E-state index is 13.0. The zero-order valence-corrected chi connectivity index (χ0v) is 16.5. The summed E-state index contributed by atoms with van der Waals surface area (Å²) in [7, 11) is 0. The number of rotatable bonds is 6. The summed E-state index contributed by atoms with van der Waals surface area (Å²) in [5, 5.41) is 4.26. The molecule has 2 aromatic rings. The average Bonchev–Trinajstić information content (AvgIpc) is 3.34. The highest BCUT2D eigenvalue weighted by Crippen LogP contribution is 2.41. The van der Waals surface area contributed by atoms with Crippen LogP contribution < -0.4 is 10.2 Å². The predicted molar refractivity (Wildman–Crippen MR) is 104 cm³/mol. The lowest BCUT2D eigenvalue weighted by molar-refractivity contribution is -0.125. The van der Waals surface area contributed by atoms with Gasteiger partial charge in [0, 0.05) is 23.5 Å². The van der Waals surface area contributed by atoms with E-state index in [2.05, 4.69) is 19.6 Å². The molecule has 2 aliphatic heterocycles. The van der Waals surface area contributed by atoms with Gasteiger partial charge in [-0.15, -0.1) is 0 Å². The fourth-order valence-corrected chi connectivity index (χ4v) is 5.13. The van der Waals surface area contributed by atoms with Gasteiger partial charge in [-0.25, -0.2) is 9.37 Å². The van der Waals surface area contributed by atoms with Crippen LogP contribution in [0.2, 0.25) is 0 Å². The van der Waals surface area contributed by atoms with Crippen LogP contribution in [0.15, 0.2) is 24.3 Å². The van der Waals surface area contributed by atoms with Gasteiger partial charge in [0.05, 0.1) is 12.1 Å². The fraction of sp³-hybridized carbons (Fsp3) is 0.550. The molecule has 144 valence electrons. The minimum Gasteiger partial charge on any atom is -0.351 e. The Hall–Kier alpha value is -2.02. The van der Waals surface area contributed by atoms with Crippen LogP contribution in [0.4, 0.5) is 9.52 Å². The van der Waals surface area contributed by atoms with Crippen LogP contribution in [0.1, 0.15) is 44.0 Å². The monoisotopic (exact) mass is 388 g/mol. The van der Waals surface area contributed by atoms with Gasteiger partial charge >= 0.3 is 0 Å². The average molecular weight is 389 g/mol. The van der Waals surface area contributed by atoms with E-state index in [9.17, 15) is 9.18 Å². The van der Waals surface area contributed by atoms with E-state index in [0.717, 1.165) is 48.6 Å². The molecule has 1 N–H and O–H groups in total. The van der Waals surface area contributed by atoms with Gasteiger partial charge in [0.2, 0.25) is 11.0 Å². The molecular formula is C20H25FN4OS. The lowest BCUT2D eigenvalue weighted by Gasteiger charge is -2.25. The SMILES string of the molecule is Cc1nsc(N2[C@H]3CC[C@@H]2[C@H](NC(=O)C(C)CCc2ccc(F)cc2)C3)n1. The number of halogens is 1. The molecule has 0 aliphatic carbocycles. The molecule has 2 saturated heterocycles. The fourth-order valence-electron chi connectivity index (χ4n) is 4.32. The van der Waals surface area contributed by atoms with Crippen molar-refractivity contribution in [1.29, 1.82) is 0 Å². The quantitative estimate of drug-likeness (QED) is 0.823. The molecule has 0 radical (unpaired) electrons. The first-order chi connectivity index (χ1) is 13.0. The number of anilines is 1. The number of fused-ring (bicyclic) bond motifs is 2. The van der Waals surface area contributed by atoms with E-state index in [1.807, 2.05) is 13.8 Å². The second-order valence-electron chi connectivity index (χ2n) is 7.75. The maximum atomic E-state index is 13.0. The molecule has 4 rings (SSSR count). The molecule has 2 aliphatic rings. The van der Waals surface area contributed by atoms with Crippen molar-refractivity contribution in [2.45, 2.75) is 64.1 Å². The summed E-state index contributed by atoms with van der Waals surface area (Å²) < 4.78 is 17.3. The molecule has 0 spiro atoms. The van der Waals surface area contributed by atoms with E-state index in [1.165, 1.54) is 23.7 Å². The van der Waals surface area contributed by atoms with E-state index in [4.69, 9.17) is 0 Å². The normalized spacial score (nSPS) is 25.0. The maximum Gasteiger partial charge on any atom is 0.223 e. The first-order valence-electron chi connectivity index (χ1n) is 9.64. The highest BCUT2D eigenvalue weighted by Gasteiger charge is 2.48. The second kappa shape index (κ2) is 7.54. The van der Waals surface area contributed by atoms with Gasteiger partial charge in [-0.3, -0.25) is 4.79 Å². The van der Waals surface area contributed by atoms with Crippen LogP contribution in [0, 0.1) is 18.7 Å². The third kappa shape index (κ3) is 3.83. The Labute approximate surface area is 163 Å². The molecule has 1 aromatic carbocycles. The lowest BCUT2D eigenvalue weighted by Crippen LogP contribution is -2.45. The number of aromatic nitrogens is 2. The topological polar surface area (TPSA) is 58.1 Å². The van der Waals surface area contributed by atoms with E-state index >= 15 is 0 Å². The summed E-state index contributed by atoms with van der Waals surface area (Å²) in [6.45, 7) is 3.89. The van der Waals surface area contributed by atoms with Crippen LogP contribution in [0.5, 0.6) is 0 Å². The van der Waals surface area contributed by atoms with Gasteiger partial charge in [0.25, 0.3) is 0 Å². The molecule has 1 unspecified atom stereocenters. The summed E-state index contributed by atoms with van der Waals surface area (Å²) in [5.41, 5.74) is 1.06. The standard InChI is InChI=1S/C20H25FN4OS/c1-12(3-4-14-5-7-15(21)8-6-14)19(26)23-17-11-16-9-10-18(17)25(16)20-22-13(2)24-27-20/h5-8,12,16-18H,3-4,9-11H2,1-2H3,(H,23,26)/t12?,16-,17+,18+/m0/s1. The van der Waals surface area contributed by atoms with Gasteiger partial charge in [-0.2, -0.15) is 4.37 Å². The molecule has 1 amide bonds. The number of carbonyl (C=O) groups excluding carboxylic acids is 1. The highest BCUT2D eigenvalue weighted by atomic mass is 32.1. The Morgan fingerprint density at radius 3 is 2.85 bits per heavy atom. The van der Waals surface area contributed by atoms with Crippen molar-refractivity contribution in [3.05, 3.63) is 41.5 Å². The molecule has 27 heavy (non-hydrogen) atoms. The molecule has 2 fully saturated rings. The Morgan fingerprint density at radius 1 is 1.37 bits per heavy atom. The molecule has 1 aromatic heterocycles. The number of aryl methyl sites for hydroxylation is 2. The Bertz CT molecular complexity index is 809. The van der Waals surface area contributed by atoms with E-state index in [0.29, 0.717) is 12.1 Å². The highest BCUT2D eigenvalue weighted by molar-refractivity contribution is 7.09. The van der Waals surface area contributed by atoms with Crippen molar-refractivity contribution in [1.82, 2.24) is 14.7 Å².